The van der Waals surface area contributed by atoms with Gasteiger partial charge in [-0.1, -0.05) is 78.7 Å². The molecule has 0 aromatic rings. The van der Waals surface area contributed by atoms with Crippen molar-refractivity contribution in [2.75, 3.05) is 6.61 Å². The van der Waals surface area contributed by atoms with Gasteiger partial charge in [-0.15, -0.1) is 0 Å². The Balaban J connectivity index is 1.43. The minimum absolute atomic E-state index is 0.00988. The quantitative estimate of drug-likeness (QED) is 0.195. The minimum atomic E-state index is -2.01. The van der Waals surface area contributed by atoms with Crippen LogP contribution in [-0.4, -0.2) is 53.3 Å². The Labute approximate surface area is 273 Å². The highest BCUT2D eigenvalue weighted by Crippen LogP contribution is 2.66. The molecule has 0 N–H and O–H groups in total. The zero-order chi connectivity index (χ0) is 32.9. The summed E-state index contributed by atoms with van der Waals surface area (Å²) >= 11 is 0. The second-order valence-corrected chi connectivity index (χ2v) is 29.0. The summed E-state index contributed by atoms with van der Waals surface area (Å²) in [7, 11) is -3.91. The van der Waals surface area contributed by atoms with Crippen LogP contribution in [0.2, 0.25) is 36.3 Å². The smallest absolute Gasteiger partial charge is 0.192 e. The first-order valence-corrected chi connectivity index (χ1v) is 23.8. The van der Waals surface area contributed by atoms with Crippen molar-refractivity contribution in [1.82, 2.24) is 0 Å². The largest absolute Gasteiger partial charge is 0.414 e. The van der Waals surface area contributed by atoms with Crippen LogP contribution in [0.5, 0.6) is 0 Å². The molecule has 44 heavy (non-hydrogen) atoms. The highest BCUT2D eigenvalue weighted by atomic mass is 28.4. The van der Waals surface area contributed by atoms with Crippen molar-refractivity contribution in [1.29, 1.82) is 0 Å². The zero-order valence-corrected chi connectivity index (χ0v) is 33.3. The lowest BCUT2D eigenvalue weighted by Gasteiger charge is -2.59. The third-order valence-electron chi connectivity index (χ3n) is 14.4. The van der Waals surface area contributed by atoms with Gasteiger partial charge in [-0.2, -0.15) is 0 Å². The number of hydrogen-bond donors (Lipinski definition) is 0. The van der Waals surface area contributed by atoms with E-state index < -0.39 is 16.6 Å². The van der Waals surface area contributed by atoms with Crippen LogP contribution in [0.15, 0.2) is 23.3 Å². The molecule has 3 saturated carbocycles. The van der Waals surface area contributed by atoms with E-state index in [9.17, 15) is 0 Å². The summed E-state index contributed by atoms with van der Waals surface area (Å²) in [5.41, 5.74) is 3.63. The van der Waals surface area contributed by atoms with Gasteiger partial charge in [0.15, 0.2) is 16.6 Å². The highest BCUT2D eigenvalue weighted by molar-refractivity contribution is 6.74. The molecule has 252 valence electrons. The van der Waals surface area contributed by atoms with E-state index >= 15 is 0 Å². The van der Waals surface area contributed by atoms with E-state index in [0.717, 1.165) is 19.4 Å². The van der Waals surface area contributed by atoms with Crippen molar-refractivity contribution in [3.05, 3.63) is 23.3 Å². The first-order valence-electron chi connectivity index (χ1n) is 18.0. The van der Waals surface area contributed by atoms with Gasteiger partial charge in [-0.05, 0) is 119 Å². The Morgan fingerprint density at radius 3 is 2.02 bits per heavy atom. The van der Waals surface area contributed by atoms with Gasteiger partial charge < -0.3 is 18.3 Å². The maximum absolute atomic E-state index is 7.54. The predicted octanol–water partition coefficient (Wildman–Crippen LogP) is 10.5. The van der Waals surface area contributed by atoms with Crippen LogP contribution in [0.4, 0.5) is 0 Å². The fraction of sp³-hybridized carbons (Fsp3) is 0.895. The number of hydrogen-bond acceptors (Lipinski definition) is 4. The third kappa shape index (κ3) is 5.97. The van der Waals surface area contributed by atoms with E-state index in [-0.39, 0.29) is 45.5 Å². The molecule has 6 heteroatoms. The summed E-state index contributed by atoms with van der Waals surface area (Å²) in [6.45, 7) is 36.6. The Morgan fingerprint density at radius 1 is 0.864 bits per heavy atom. The van der Waals surface area contributed by atoms with Gasteiger partial charge in [-0.25, -0.2) is 0 Å². The second-order valence-electron chi connectivity index (χ2n) is 19.5. The number of ether oxygens (including phenoxy) is 2. The molecule has 4 nitrogen and oxygen atoms in total. The van der Waals surface area contributed by atoms with Crippen LogP contribution >= 0.6 is 0 Å². The second kappa shape index (κ2) is 11.2. The van der Waals surface area contributed by atoms with Gasteiger partial charge in [0.05, 0.1) is 30.5 Å². The molecule has 0 amide bonds. The molecule has 1 heterocycles. The maximum atomic E-state index is 7.54. The molecule has 0 aromatic carbocycles. The molecule has 4 fully saturated rings. The molecule has 1 saturated heterocycles. The summed E-state index contributed by atoms with van der Waals surface area (Å²) in [5.74, 6) is 1.79. The van der Waals surface area contributed by atoms with Crippen LogP contribution in [0, 0.1) is 28.6 Å². The maximum Gasteiger partial charge on any atom is 0.192 e. The van der Waals surface area contributed by atoms with Crippen molar-refractivity contribution in [3.63, 3.8) is 0 Å². The lowest BCUT2D eigenvalue weighted by molar-refractivity contribution is -0.0594. The summed E-state index contributed by atoms with van der Waals surface area (Å²) in [5, 5.41) is 0.377. The van der Waals surface area contributed by atoms with Crippen molar-refractivity contribution in [2.24, 2.45) is 28.6 Å². The molecule has 0 radical (unpaired) electrons. The Bertz CT molecular complexity index is 1160. The average Bonchev–Trinajstić information content (AvgIpc) is 3.32. The Kier molecular flexibility index (Phi) is 8.89. The number of epoxide rings is 1. The van der Waals surface area contributed by atoms with Crippen molar-refractivity contribution < 1.29 is 18.3 Å². The Morgan fingerprint density at radius 2 is 1.45 bits per heavy atom. The zero-order valence-electron chi connectivity index (χ0n) is 31.3. The van der Waals surface area contributed by atoms with E-state index in [4.69, 9.17) is 18.3 Å². The van der Waals surface area contributed by atoms with E-state index in [2.05, 4.69) is 115 Å². The minimum Gasteiger partial charge on any atom is -0.414 e. The topological polar surface area (TPSA) is 40.2 Å². The van der Waals surface area contributed by atoms with Crippen LogP contribution in [0.1, 0.15) is 115 Å². The molecule has 1 aliphatic heterocycles. The van der Waals surface area contributed by atoms with Crippen molar-refractivity contribution in [3.8, 4) is 0 Å². The Hall–Kier alpha value is -0.246. The predicted molar refractivity (Wildman–Crippen MR) is 189 cm³/mol. The van der Waals surface area contributed by atoms with Gasteiger partial charge in [0.25, 0.3) is 0 Å². The van der Waals surface area contributed by atoms with Crippen LogP contribution in [0.3, 0.4) is 0 Å². The number of allylic oxidation sites excluding steroid dienone is 3. The van der Waals surface area contributed by atoms with Crippen molar-refractivity contribution >= 4 is 16.6 Å². The van der Waals surface area contributed by atoms with Crippen LogP contribution in [-0.2, 0) is 18.3 Å². The number of fused-ring (bicyclic) bond motifs is 5. The molecule has 4 aliphatic carbocycles. The fourth-order valence-corrected chi connectivity index (χ4v) is 11.9. The molecule has 0 aromatic heterocycles. The first-order chi connectivity index (χ1) is 19.9. The summed E-state index contributed by atoms with van der Waals surface area (Å²) in [6.07, 6.45) is 13.2. The number of rotatable bonds is 8. The SMILES string of the molecule is C[C@H](OCC1OC1(C)C)[C@H]1CCC2C3=CC=C4C[C@@H](O[Si](C)(C)C(C)(C)C)C[C@H](O[Si](C)(C)C(C)(C)C)[C@]4(C)C3CC[C@@]21C. The standard InChI is InChI=1S/C38H68O4Si2/c1-25(39-24-33-36(8,9)40-33)29-18-19-30-28-17-16-26-22-27(41-43(12,13)34(2,3)4)23-32(42-44(14,15)35(5,6)7)38(26,11)31(28)20-21-37(29,30)10/h16-17,25,27,29-33H,18-24H2,1-15H3/t25-,27+,29+,30?,31?,32-,33?,37+,38-/m0/s1. The lowest BCUT2D eigenvalue weighted by atomic mass is 9.49. The average molecular weight is 645 g/mol. The highest BCUT2D eigenvalue weighted by Gasteiger charge is 2.61. The van der Waals surface area contributed by atoms with Crippen LogP contribution < -0.4 is 0 Å². The first kappa shape index (κ1) is 35.1. The molecule has 0 bridgehead atoms. The van der Waals surface area contributed by atoms with E-state index in [1.165, 1.54) is 25.7 Å². The van der Waals surface area contributed by atoms with Gasteiger partial charge in [0, 0.05) is 5.41 Å². The van der Waals surface area contributed by atoms with E-state index in [1.807, 2.05) is 0 Å². The van der Waals surface area contributed by atoms with Gasteiger partial charge in [-0.3, -0.25) is 0 Å². The fourth-order valence-electron chi connectivity index (χ4n) is 9.13. The van der Waals surface area contributed by atoms with E-state index in [0.29, 0.717) is 23.2 Å². The summed E-state index contributed by atoms with van der Waals surface area (Å²) < 4.78 is 27.1. The van der Waals surface area contributed by atoms with Crippen LogP contribution in [0.25, 0.3) is 0 Å². The molecule has 5 rings (SSSR count). The van der Waals surface area contributed by atoms with Gasteiger partial charge in [0.2, 0.25) is 0 Å². The lowest BCUT2D eigenvalue weighted by Crippen LogP contribution is -2.58. The normalized spacial score (nSPS) is 39.5. The molecular formula is C38H68O4Si2. The summed E-state index contributed by atoms with van der Waals surface area (Å²) in [6, 6.07) is 0. The molecule has 9 atom stereocenters. The summed E-state index contributed by atoms with van der Waals surface area (Å²) in [4.78, 5) is 0. The molecular weight excluding hydrogens is 577 g/mol. The van der Waals surface area contributed by atoms with Gasteiger partial charge in [0.1, 0.15) is 6.10 Å². The van der Waals surface area contributed by atoms with Gasteiger partial charge >= 0.3 is 0 Å². The monoisotopic (exact) mass is 644 g/mol. The molecule has 0 spiro atoms. The third-order valence-corrected chi connectivity index (χ3v) is 23.4. The van der Waals surface area contributed by atoms with Crippen molar-refractivity contribution in [2.45, 2.75) is 181 Å². The van der Waals surface area contributed by atoms with E-state index in [1.54, 1.807) is 11.1 Å². The molecule has 5 aliphatic rings. The molecule has 3 unspecified atom stereocenters.